The molecule has 0 N–H and O–H groups in total. The number of fused-ring (bicyclic) bond motifs is 2. The quantitative estimate of drug-likeness (QED) is 0.304. The molecule has 0 atom stereocenters. The molecule has 2 bridgehead atoms. The van der Waals surface area contributed by atoms with Crippen LogP contribution in [0.3, 0.4) is 0 Å². The summed E-state index contributed by atoms with van der Waals surface area (Å²) >= 11 is 0. The molecule has 0 saturated carbocycles. The van der Waals surface area contributed by atoms with Gasteiger partial charge in [-0.3, -0.25) is 19.7 Å². The maximum absolute atomic E-state index is 5.12. The van der Waals surface area contributed by atoms with E-state index in [1.165, 1.54) is 16.7 Å². The van der Waals surface area contributed by atoms with Crippen LogP contribution in [0.5, 0.6) is 0 Å². The fourth-order valence-corrected chi connectivity index (χ4v) is 5.42. The summed E-state index contributed by atoms with van der Waals surface area (Å²) in [6.45, 7) is 8.99. The van der Waals surface area contributed by atoms with Crippen molar-refractivity contribution in [3.05, 3.63) is 137 Å². The van der Waals surface area contributed by atoms with E-state index in [4.69, 9.17) is 4.98 Å². The summed E-state index contributed by atoms with van der Waals surface area (Å²) in [5.41, 5.74) is 6.45. The van der Waals surface area contributed by atoms with Gasteiger partial charge in [-0.15, -0.1) is 0 Å². The summed E-state index contributed by atoms with van der Waals surface area (Å²) < 4.78 is 0. The Morgan fingerprint density at radius 2 is 0.789 bits per heavy atom. The number of nitrogens with zero attached hydrogens (tertiary/aromatic N) is 4. The van der Waals surface area contributed by atoms with Gasteiger partial charge in [0.05, 0.1) is 11.4 Å². The highest BCUT2D eigenvalue weighted by molar-refractivity contribution is 5.17. The van der Waals surface area contributed by atoms with Gasteiger partial charge in [0.2, 0.25) is 0 Å². The smallest absolute Gasteiger partial charge is 0.0548 e. The van der Waals surface area contributed by atoms with E-state index in [1.54, 1.807) is 0 Å². The fraction of sp³-hybridized carbons (Fsp3) is 0.324. The minimum atomic E-state index is 0.875. The molecule has 3 aromatic carbocycles. The van der Waals surface area contributed by atoms with E-state index >= 15 is 0 Å². The average Bonchev–Trinajstić information content (AvgIpc) is 2.94. The molecular weight excluding hydrogens is 464 g/mol. The molecular formula is C34H40N4. The fourth-order valence-electron chi connectivity index (χ4n) is 5.42. The zero-order valence-electron chi connectivity index (χ0n) is 22.5. The van der Waals surface area contributed by atoms with Crippen LogP contribution in [0.1, 0.15) is 40.9 Å². The molecule has 0 unspecified atom stereocenters. The minimum absolute atomic E-state index is 0.875. The van der Waals surface area contributed by atoms with Gasteiger partial charge in [-0.25, -0.2) is 0 Å². The zero-order chi connectivity index (χ0) is 25.8. The predicted molar refractivity (Wildman–Crippen MR) is 156 cm³/mol. The molecule has 4 aromatic rings. The van der Waals surface area contributed by atoms with E-state index in [1.807, 2.05) is 0 Å². The molecule has 0 amide bonds. The second kappa shape index (κ2) is 14.0. The van der Waals surface area contributed by atoms with E-state index in [0.717, 1.165) is 83.1 Å². The van der Waals surface area contributed by atoms with Crippen LogP contribution in [0.2, 0.25) is 0 Å². The molecule has 1 aliphatic rings. The van der Waals surface area contributed by atoms with Crippen molar-refractivity contribution >= 4 is 0 Å². The normalized spacial score (nSPS) is 16.6. The van der Waals surface area contributed by atoms with Gasteiger partial charge in [0.1, 0.15) is 0 Å². The first-order chi connectivity index (χ1) is 18.8. The maximum atomic E-state index is 5.12. The molecule has 0 aliphatic carbocycles. The van der Waals surface area contributed by atoms with Crippen molar-refractivity contribution in [3.63, 3.8) is 0 Å². The van der Waals surface area contributed by atoms with Crippen molar-refractivity contribution in [1.82, 2.24) is 19.7 Å². The van der Waals surface area contributed by atoms with Gasteiger partial charge in [0.15, 0.2) is 0 Å². The van der Waals surface area contributed by atoms with Gasteiger partial charge in [-0.1, -0.05) is 97.1 Å². The second-order valence-electron chi connectivity index (χ2n) is 10.5. The Labute approximate surface area is 228 Å². The molecule has 0 radical (unpaired) electrons. The zero-order valence-corrected chi connectivity index (χ0v) is 22.5. The van der Waals surface area contributed by atoms with E-state index in [-0.39, 0.29) is 0 Å². The monoisotopic (exact) mass is 504 g/mol. The van der Waals surface area contributed by atoms with E-state index < -0.39 is 0 Å². The molecule has 0 fully saturated rings. The summed E-state index contributed by atoms with van der Waals surface area (Å²) in [6, 6.07) is 39.2. The summed E-state index contributed by atoms with van der Waals surface area (Å²) in [5, 5.41) is 0. The van der Waals surface area contributed by atoms with Crippen LogP contribution in [0.25, 0.3) is 0 Å². The van der Waals surface area contributed by atoms with Crippen LogP contribution in [0.15, 0.2) is 109 Å². The molecule has 4 heteroatoms. The average molecular weight is 505 g/mol. The summed E-state index contributed by atoms with van der Waals surface area (Å²) in [4.78, 5) is 12.9. The Kier molecular flexibility index (Phi) is 9.70. The molecule has 4 nitrogen and oxygen atoms in total. The van der Waals surface area contributed by atoms with Crippen molar-refractivity contribution in [1.29, 1.82) is 0 Å². The van der Waals surface area contributed by atoms with Gasteiger partial charge in [-0.2, -0.15) is 0 Å². The highest BCUT2D eigenvalue weighted by Gasteiger charge is 2.15. The summed E-state index contributed by atoms with van der Waals surface area (Å²) in [7, 11) is 0. The van der Waals surface area contributed by atoms with E-state index in [0.29, 0.717) is 0 Å². The lowest BCUT2D eigenvalue weighted by Crippen LogP contribution is -2.33. The molecule has 196 valence electrons. The Morgan fingerprint density at radius 1 is 0.421 bits per heavy atom. The molecule has 38 heavy (non-hydrogen) atoms. The molecule has 1 aromatic heterocycles. The second-order valence-corrected chi connectivity index (χ2v) is 10.5. The third-order valence-corrected chi connectivity index (χ3v) is 7.28. The Bertz CT molecular complexity index is 1140. The molecule has 1 aliphatic heterocycles. The number of hydrogen-bond donors (Lipinski definition) is 0. The predicted octanol–water partition coefficient (Wildman–Crippen LogP) is 6.38. The van der Waals surface area contributed by atoms with Crippen molar-refractivity contribution < 1.29 is 0 Å². The standard InChI is InChI=1S/C34H40N4/c1-4-13-30(14-5-1)25-36-21-11-23-37(26-31-15-6-2-7-16-31)28-33-19-10-20-34(35-33)29-38(24-12-22-36)27-32-17-8-3-9-18-32/h1-10,13-20H,11-12,21-29H2. The number of pyridine rings is 1. The van der Waals surface area contributed by atoms with Crippen LogP contribution in [0.4, 0.5) is 0 Å². The van der Waals surface area contributed by atoms with Crippen LogP contribution >= 0.6 is 0 Å². The number of rotatable bonds is 6. The van der Waals surface area contributed by atoms with Gasteiger partial charge < -0.3 is 0 Å². The first kappa shape index (κ1) is 26.3. The maximum Gasteiger partial charge on any atom is 0.0548 e. The van der Waals surface area contributed by atoms with Crippen LogP contribution < -0.4 is 0 Å². The number of benzene rings is 3. The molecule has 2 heterocycles. The highest BCUT2D eigenvalue weighted by atomic mass is 15.2. The Morgan fingerprint density at radius 3 is 1.21 bits per heavy atom. The first-order valence-corrected chi connectivity index (χ1v) is 14.0. The van der Waals surface area contributed by atoms with E-state index in [2.05, 4.69) is 124 Å². The van der Waals surface area contributed by atoms with Crippen LogP contribution in [0, 0.1) is 0 Å². The van der Waals surface area contributed by atoms with Crippen molar-refractivity contribution in [2.24, 2.45) is 0 Å². The minimum Gasteiger partial charge on any atom is -0.299 e. The molecule has 5 rings (SSSR count). The third-order valence-electron chi connectivity index (χ3n) is 7.28. The first-order valence-electron chi connectivity index (χ1n) is 14.0. The lowest BCUT2D eigenvalue weighted by atomic mass is 10.1. The third kappa shape index (κ3) is 8.35. The van der Waals surface area contributed by atoms with Crippen LogP contribution in [-0.2, 0) is 32.7 Å². The lowest BCUT2D eigenvalue weighted by molar-refractivity contribution is 0.188. The molecule has 0 spiro atoms. The van der Waals surface area contributed by atoms with Crippen molar-refractivity contribution in [2.45, 2.75) is 45.6 Å². The van der Waals surface area contributed by atoms with Gasteiger partial charge in [0.25, 0.3) is 0 Å². The molecule has 0 saturated heterocycles. The largest absolute Gasteiger partial charge is 0.299 e. The summed E-state index contributed by atoms with van der Waals surface area (Å²) in [6.07, 6.45) is 2.29. The topological polar surface area (TPSA) is 22.6 Å². The summed E-state index contributed by atoms with van der Waals surface area (Å²) in [5.74, 6) is 0. The SMILES string of the molecule is c1ccc(CN2CCCN(Cc3ccccc3)Cc3cccc(n3)CN(Cc3ccccc3)CCC2)cc1. The Balaban J connectivity index is 1.36. The van der Waals surface area contributed by atoms with E-state index in [9.17, 15) is 0 Å². The van der Waals surface area contributed by atoms with Crippen molar-refractivity contribution in [2.75, 3.05) is 26.2 Å². The van der Waals surface area contributed by atoms with Crippen LogP contribution in [-0.4, -0.2) is 45.9 Å². The van der Waals surface area contributed by atoms with Gasteiger partial charge >= 0.3 is 0 Å². The van der Waals surface area contributed by atoms with Gasteiger partial charge in [-0.05, 0) is 54.8 Å². The highest BCUT2D eigenvalue weighted by Crippen LogP contribution is 2.15. The lowest BCUT2D eigenvalue weighted by Gasteiger charge is -2.29. The number of hydrogen-bond acceptors (Lipinski definition) is 4. The Hall–Kier alpha value is -3.31. The van der Waals surface area contributed by atoms with Gasteiger partial charge in [0, 0.05) is 45.8 Å². The number of aromatic nitrogens is 1. The van der Waals surface area contributed by atoms with Crippen molar-refractivity contribution in [3.8, 4) is 0 Å².